The van der Waals surface area contributed by atoms with Crippen molar-refractivity contribution in [3.05, 3.63) is 0 Å². The molecule has 0 radical (unpaired) electrons. The Morgan fingerprint density at radius 3 is 2.79 bits per heavy atom. The van der Waals surface area contributed by atoms with Crippen molar-refractivity contribution in [3.8, 4) is 0 Å². The lowest BCUT2D eigenvalue weighted by molar-refractivity contribution is 0.190. The smallest absolute Gasteiger partial charge is 0.0195 e. The van der Waals surface area contributed by atoms with Gasteiger partial charge in [0, 0.05) is 25.2 Å². The average molecular weight is 199 g/mol. The Balaban J connectivity index is 2.42. The van der Waals surface area contributed by atoms with E-state index in [0.29, 0.717) is 12.1 Å². The second kappa shape index (κ2) is 5.69. The molecule has 84 valence electrons. The summed E-state index contributed by atoms with van der Waals surface area (Å²) in [7, 11) is 2.21. The van der Waals surface area contributed by atoms with Crippen molar-refractivity contribution in [1.82, 2.24) is 9.80 Å². The Morgan fingerprint density at radius 2 is 2.14 bits per heavy atom. The van der Waals surface area contributed by atoms with Crippen LogP contribution in [-0.2, 0) is 0 Å². The van der Waals surface area contributed by atoms with Crippen LogP contribution in [0.3, 0.4) is 0 Å². The van der Waals surface area contributed by atoms with Crippen LogP contribution in [0.4, 0.5) is 0 Å². The van der Waals surface area contributed by atoms with Crippen LogP contribution in [0.1, 0.15) is 26.7 Å². The van der Waals surface area contributed by atoms with Crippen LogP contribution in [0.2, 0.25) is 0 Å². The molecule has 0 aromatic carbocycles. The highest BCUT2D eigenvalue weighted by atomic mass is 15.2. The van der Waals surface area contributed by atoms with Crippen molar-refractivity contribution in [2.45, 2.75) is 38.8 Å². The molecule has 0 aromatic heterocycles. The van der Waals surface area contributed by atoms with Crippen molar-refractivity contribution in [1.29, 1.82) is 0 Å². The minimum absolute atomic E-state index is 0.348. The lowest BCUT2D eigenvalue weighted by Crippen LogP contribution is -2.44. The second-order valence-electron chi connectivity index (χ2n) is 4.63. The predicted molar refractivity (Wildman–Crippen MR) is 61.4 cm³/mol. The molecule has 14 heavy (non-hydrogen) atoms. The minimum atomic E-state index is 0.348. The third-order valence-electron chi connectivity index (χ3n) is 3.18. The molecule has 0 saturated carbocycles. The SMILES string of the molecule is CCC(N)CN1CCCN(C)CC1C. The Bertz CT molecular complexity index is 161. The topological polar surface area (TPSA) is 32.5 Å². The van der Waals surface area contributed by atoms with Crippen LogP contribution in [0.15, 0.2) is 0 Å². The molecule has 2 atom stereocenters. The van der Waals surface area contributed by atoms with E-state index in [1.54, 1.807) is 0 Å². The molecular weight excluding hydrogens is 174 g/mol. The van der Waals surface area contributed by atoms with Crippen molar-refractivity contribution in [3.63, 3.8) is 0 Å². The van der Waals surface area contributed by atoms with E-state index < -0.39 is 0 Å². The Hall–Kier alpha value is -0.120. The first-order valence-electron chi connectivity index (χ1n) is 5.81. The highest BCUT2D eigenvalue weighted by Gasteiger charge is 2.20. The number of rotatable bonds is 3. The van der Waals surface area contributed by atoms with E-state index >= 15 is 0 Å². The molecule has 3 nitrogen and oxygen atoms in total. The maximum Gasteiger partial charge on any atom is 0.0195 e. The molecule has 2 N–H and O–H groups in total. The summed E-state index contributed by atoms with van der Waals surface area (Å²) in [5.74, 6) is 0. The van der Waals surface area contributed by atoms with Gasteiger partial charge in [-0.15, -0.1) is 0 Å². The van der Waals surface area contributed by atoms with E-state index in [4.69, 9.17) is 5.73 Å². The molecule has 1 saturated heterocycles. The van der Waals surface area contributed by atoms with Gasteiger partial charge in [0.15, 0.2) is 0 Å². The monoisotopic (exact) mass is 199 g/mol. The molecule has 0 aromatic rings. The van der Waals surface area contributed by atoms with Gasteiger partial charge < -0.3 is 10.6 Å². The summed E-state index contributed by atoms with van der Waals surface area (Å²) in [5.41, 5.74) is 6.00. The van der Waals surface area contributed by atoms with Gasteiger partial charge in [-0.1, -0.05) is 6.92 Å². The van der Waals surface area contributed by atoms with Gasteiger partial charge >= 0.3 is 0 Å². The highest BCUT2D eigenvalue weighted by Crippen LogP contribution is 2.09. The minimum Gasteiger partial charge on any atom is -0.327 e. The number of likely N-dealkylation sites (N-methyl/N-ethyl adjacent to an activating group) is 1. The Morgan fingerprint density at radius 1 is 1.43 bits per heavy atom. The van der Waals surface area contributed by atoms with E-state index in [-0.39, 0.29) is 0 Å². The average Bonchev–Trinajstić information content (AvgIpc) is 2.29. The third-order valence-corrected chi connectivity index (χ3v) is 3.18. The normalized spacial score (nSPS) is 28.7. The molecule has 1 rings (SSSR count). The zero-order valence-electron chi connectivity index (χ0n) is 9.87. The van der Waals surface area contributed by atoms with Gasteiger partial charge in [0.1, 0.15) is 0 Å². The number of nitrogens with two attached hydrogens (primary N) is 1. The summed E-state index contributed by atoms with van der Waals surface area (Å²) in [4.78, 5) is 4.96. The number of nitrogens with zero attached hydrogens (tertiary/aromatic N) is 2. The van der Waals surface area contributed by atoms with E-state index in [1.807, 2.05) is 0 Å². The fourth-order valence-electron chi connectivity index (χ4n) is 2.12. The van der Waals surface area contributed by atoms with E-state index in [9.17, 15) is 0 Å². The van der Waals surface area contributed by atoms with Gasteiger partial charge in [-0.2, -0.15) is 0 Å². The van der Waals surface area contributed by atoms with Crippen molar-refractivity contribution in [2.75, 3.05) is 33.2 Å². The highest BCUT2D eigenvalue weighted by molar-refractivity contribution is 4.78. The van der Waals surface area contributed by atoms with Crippen LogP contribution in [0.5, 0.6) is 0 Å². The molecule has 0 amide bonds. The van der Waals surface area contributed by atoms with Gasteiger partial charge in [-0.05, 0) is 39.9 Å². The molecule has 3 heteroatoms. The Kier molecular flexibility index (Phi) is 4.85. The lowest BCUT2D eigenvalue weighted by atomic mass is 10.2. The van der Waals surface area contributed by atoms with E-state index in [2.05, 4.69) is 30.7 Å². The molecule has 1 fully saturated rings. The molecule has 1 heterocycles. The van der Waals surface area contributed by atoms with Crippen LogP contribution < -0.4 is 5.73 Å². The van der Waals surface area contributed by atoms with E-state index in [0.717, 1.165) is 13.0 Å². The standard InChI is InChI=1S/C11H25N3/c1-4-11(12)9-14-7-5-6-13(3)8-10(14)2/h10-11H,4-9,12H2,1-3H3. The Labute approximate surface area is 88.2 Å². The molecule has 0 spiro atoms. The summed E-state index contributed by atoms with van der Waals surface area (Å²) in [6.45, 7) is 9.15. The van der Waals surface area contributed by atoms with Crippen LogP contribution in [0.25, 0.3) is 0 Å². The summed E-state index contributed by atoms with van der Waals surface area (Å²) in [5, 5.41) is 0. The van der Waals surface area contributed by atoms with Gasteiger partial charge in [-0.25, -0.2) is 0 Å². The fraction of sp³-hybridized carbons (Fsp3) is 1.00. The number of hydrogen-bond donors (Lipinski definition) is 1. The largest absolute Gasteiger partial charge is 0.327 e. The maximum atomic E-state index is 6.00. The van der Waals surface area contributed by atoms with Crippen molar-refractivity contribution >= 4 is 0 Å². The number of hydrogen-bond acceptors (Lipinski definition) is 3. The molecule has 1 aliphatic heterocycles. The predicted octanol–water partition coefficient (Wildman–Crippen LogP) is 0.750. The first-order chi connectivity index (χ1) is 6.63. The second-order valence-corrected chi connectivity index (χ2v) is 4.63. The first kappa shape index (κ1) is 12.0. The molecular formula is C11H25N3. The maximum absolute atomic E-state index is 6.00. The third kappa shape index (κ3) is 3.56. The zero-order valence-corrected chi connectivity index (χ0v) is 9.87. The van der Waals surface area contributed by atoms with Gasteiger partial charge in [0.25, 0.3) is 0 Å². The fourth-order valence-corrected chi connectivity index (χ4v) is 2.12. The quantitative estimate of drug-likeness (QED) is 0.728. The molecule has 1 aliphatic rings. The summed E-state index contributed by atoms with van der Waals surface area (Å²) >= 11 is 0. The summed E-state index contributed by atoms with van der Waals surface area (Å²) in [6.07, 6.45) is 2.36. The van der Waals surface area contributed by atoms with E-state index in [1.165, 1.54) is 26.1 Å². The van der Waals surface area contributed by atoms with Crippen molar-refractivity contribution < 1.29 is 0 Å². The van der Waals surface area contributed by atoms with Crippen LogP contribution in [-0.4, -0.2) is 55.1 Å². The van der Waals surface area contributed by atoms with Crippen molar-refractivity contribution in [2.24, 2.45) is 5.73 Å². The summed E-state index contributed by atoms with van der Waals surface area (Å²) in [6, 6.07) is 1.00. The van der Waals surface area contributed by atoms with Gasteiger partial charge in [-0.3, -0.25) is 4.90 Å². The van der Waals surface area contributed by atoms with Gasteiger partial charge in [0.2, 0.25) is 0 Å². The lowest BCUT2D eigenvalue weighted by Gasteiger charge is -2.29. The van der Waals surface area contributed by atoms with Gasteiger partial charge in [0.05, 0.1) is 0 Å². The zero-order chi connectivity index (χ0) is 10.6. The first-order valence-corrected chi connectivity index (χ1v) is 5.81. The molecule has 2 unspecified atom stereocenters. The van der Waals surface area contributed by atoms with Crippen LogP contribution in [0, 0.1) is 0 Å². The molecule has 0 bridgehead atoms. The summed E-state index contributed by atoms with van der Waals surface area (Å²) < 4.78 is 0. The molecule has 0 aliphatic carbocycles. The van der Waals surface area contributed by atoms with Crippen LogP contribution >= 0.6 is 0 Å².